The van der Waals surface area contributed by atoms with Crippen LogP contribution < -0.4 is 0 Å². The maximum atomic E-state index is 11.0. The lowest BCUT2D eigenvalue weighted by atomic mass is 10.1. The molecule has 118 valence electrons. The molecule has 0 bridgehead atoms. The third-order valence-corrected chi connectivity index (χ3v) is 3.49. The number of hydrogen-bond donors (Lipinski definition) is 3. The van der Waals surface area contributed by atoms with Crippen molar-refractivity contribution in [3.8, 4) is 0 Å². The number of quaternary nitrogens is 1. The number of allylic oxidation sites excluding steroid dienone is 1. The first-order valence-electron chi connectivity index (χ1n) is 7.11. The Morgan fingerprint density at radius 1 is 1.25 bits per heavy atom. The van der Waals surface area contributed by atoms with E-state index in [0.717, 1.165) is 12.8 Å². The molecule has 0 aliphatic rings. The van der Waals surface area contributed by atoms with Crippen LogP contribution in [0.3, 0.4) is 0 Å². The highest BCUT2D eigenvalue weighted by molar-refractivity contribution is 5.71. The van der Waals surface area contributed by atoms with E-state index in [1.807, 2.05) is 6.08 Å². The van der Waals surface area contributed by atoms with Gasteiger partial charge in [-0.25, -0.2) is 9.28 Å². The number of carboxylic acid groups (broad SMARTS) is 1. The molecule has 0 fully saturated rings. The topological polar surface area (TPSA) is 87.0 Å². The van der Waals surface area contributed by atoms with E-state index in [0.29, 0.717) is 0 Å². The minimum atomic E-state index is -1.08. The summed E-state index contributed by atoms with van der Waals surface area (Å²) >= 11 is 0. The number of ether oxygens (including phenoxy) is 1. The smallest absolute Gasteiger partial charge is 0.362 e. The second kappa shape index (κ2) is 10.7. The molecule has 6 nitrogen and oxygen atoms in total. The first-order chi connectivity index (χ1) is 9.54. The van der Waals surface area contributed by atoms with Gasteiger partial charge >= 0.3 is 5.97 Å². The Balaban J connectivity index is 4.15. The average Bonchev–Trinajstić information content (AvgIpc) is 2.45. The number of nitrogens with zero attached hydrogens (tertiary/aromatic N) is 1. The first kappa shape index (κ1) is 18.9. The summed E-state index contributed by atoms with van der Waals surface area (Å²) in [4.78, 5) is 11.0. The molecule has 1 atom stereocenters. The number of hydrogen-bond acceptors (Lipinski definition) is 4. The molecule has 0 heterocycles. The molecular formula is C14H28NO5+. The van der Waals surface area contributed by atoms with Gasteiger partial charge in [-0.15, -0.1) is 0 Å². The average molecular weight is 290 g/mol. The number of aliphatic hydroxyl groups excluding tert-OH is 2. The van der Waals surface area contributed by atoms with Crippen LogP contribution in [0.15, 0.2) is 12.3 Å². The number of carboxylic acids is 1. The summed E-state index contributed by atoms with van der Waals surface area (Å²) in [5, 5.41) is 27.7. The van der Waals surface area contributed by atoms with E-state index in [-0.39, 0.29) is 6.73 Å². The van der Waals surface area contributed by atoms with Gasteiger partial charge in [-0.3, -0.25) is 0 Å². The summed E-state index contributed by atoms with van der Waals surface area (Å²) in [5.74, 6) is -1.08. The van der Waals surface area contributed by atoms with Crippen LogP contribution in [0.1, 0.15) is 46.0 Å². The van der Waals surface area contributed by atoms with E-state index in [2.05, 4.69) is 6.92 Å². The highest BCUT2D eigenvalue weighted by Gasteiger charge is 2.38. The van der Waals surface area contributed by atoms with E-state index < -0.39 is 30.0 Å². The van der Waals surface area contributed by atoms with Gasteiger partial charge < -0.3 is 20.1 Å². The lowest BCUT2D eigenvalue weighted by Crippen LogP contribution is -2.59. The molecule has 0 aromatic rings. The zero-order chi connectivity index (χ0) is 15.4. The van der Waals surface area contributed by atoms with Crippen molar-refractivity contribution in [2.45, 2.75) is 52.0 Å². The normalized spacial score (nSPS) is 13.6. The molecule has 0 aromatic heterocycles. The number of unbranched alkanes of at least 4 members (excludes halogenated alkanes) is 4. The number of aliphatic carboxylic acids is 1. The van der Waals surface area contributed by atoms with Crippen LogP contribution in [0.4, 0.5) is 0 Å². The molecule has 0 aliphatic carbocycles. The molecular weight excluding hydrogens is 262 g/mol. The van der Waals surface area contributed by atoms with Crippen LogP contribution in [-0.2, 0) is 9.53 Å². The van der Waals surface area contributed by atoms with Crippen LogP contribution in [0.5, 0.6) is 0 Å². The Kier molecular flexibility index (Phi) is 10.1. The van der Waals surface area contributed by atoms with Crippen molar-refractivity contribution in [3.05, 3.63) is 12.3 Å². The third kappa shape index (κ3) is 6.36. The Morgan fingerprint density at radius 3 is 2.40 bits per heavy atom. The van der Waals surface area contributed by atoms with Gasteiger partial charge in [0.05, 0.1) is 6.26 Å². The quantitative estimate of drug-likeness (QED) is 0.220. The first-order valence-corrected chi connectivity index (χ1v) is 7.11. The highest BCUT2D eigenvalue weighted by Crippen LogP contribution is 2.13. The summed E-state index contributed by atoms with van der Waals surface area (Å²) in [7, 11) is 0. The molecule has 0 radical (unpaired) electrons. The fraction of sp³-hybridized carbons (Fsp3) is 0.786. The van der Waals surface area contributed by atoms with E-state index >= 15 is 0 Å². The molecule has 0 aromatic carbocycles. The minimum Gasteiger partial charge on any atom is -0.477 e. The minimum absolute atomic E-state index is 0.0775. The molecule has 0 saturated heterocycles. The van der Waals surface area contributed by atoms with Crippen LogP contribution in [0.25, 0.3) is 0 Å². The second-order valence-electron chi connectivity index (χ2n) is 5.03. The molecule has 6 heteroatoms. The number of carbonyl (C=O) groups is 1. The van der Waals surface area contributed by atoms with Crippen LogP contribution in [-0.4, -0.2) is 52.0 Å². The van der Waals surface area contributed by atoms with Gasteiger partial charge in [0.1, 0.15) is 0 Å². The largest absolute Gasteiger partial charge is 0.477 e. The van der Waals surface area contributed by atoms with Crippen molar-refractivity contribution in [1.29, 1.82) is 0 Å². The number of aliphatic hydroxyl groups is 2. The van der Waals surface area contributed by atoms with E-state index in [1.54, 1.807) is 0 Å². The fourth-order valence-electron chi connectivity index (χ4n) is 1.73. The fourth-order valence-corrected chi connectivity index (χ4v) is 1.73. The Morgan fingerprint density at radius 2 is 1.90 bits per heavy atom. The van der Waals surface area contributed by atoms with E-state index in [1.165, 1.54) is 32.4 Å². The summed E-state index contributed by atoms with van der Waals surface area (Å²) in [6, 6.07) is -0.942. The molecule has 3 N–H and O–H groups in total. The summed E-state index contributed by atoms with van der Waals surface area (Å²) < 4.78 is 4.83. The van der Waals surface area contributed by atoms with E-state index in [4.69, 9.17) is 9.84 Å². The van der Waals surface area contributed by atoms with Gasteiger partial charge in [-0.2, -0.15) is 0 Å². The monoisotopic (exact) mass is 290 g/mol. The van der Waals surface area contributed by atoms with Crippen LogP contribution >= 0.6 is 0 Å². The van der Waals surface area contributed by atoms with Crippen LogP contribution in [0, 0.1) is 0 Å². The van der Waals surface area contributed by atoms with Gasteiger partial charge in [0.25, 0.3) is 0 Å². The van der Waals surface area contributed by atoms with Crippen molar-refractivity contribution in [3.63, 3.8) is 0 Å². The van der Waals surface area contributed by atoms with Crippen molar-refractivity contribution < 1.29 is 29.3 Å². The zero-order valence-electron chi connectivity index (χ0n) is 12.5. The Bertz CT molecular complexity index is 289. The zero-order valence-corrected chi connectivity index (χ0v) is 12.5. The lowest BCUT2D eigenvalue weighted by molar-refractivity contribution is -0.988. The highest BCUT2D eigenvalue weighted by atomic mass is 16.5. The summed E-state index contributed by atoms with van der Waals surface area (Å²) in [5.41, 5.74) is 0. The number of rotatable bonds is 12. The Hall–Kier alpha value is -1.11. The second-order valence-corrected chi connectivity index (χ2v) is 5.03. The van der Waals surface area contributed by atoms with Crippen molar-refractivity contribution in [2.75, 3.05) is 20.2 Å². The van der Waals surface area contributed by atoms with Gasteiger partial charge in [0.2, 0.25) is 6.73 Å². The lowest BCUT2D eigenvalue weighted by Gasteiger charge is -2.36. The van der Waals surface area contributed by atoms with Gasteiger partial charge in [0.15, 0.2) is 19.5 Å². The SMILES string of the molecule is CCCCCC/C=C/OC[N+](CO)(CO)C(C)C(=O)O. The maximum absolute atomic E-state index is 11.0. The van der Waals surface area contributed by atoms with Gasteiger partial charge in [-0.1, -0.05) is 26.2 Å². The standard InChI is InChI=1S/C14H27NO5/c1-3-4-5-6-7-8-9-20-12-15(10-16,11-17)13(2)14(18)19/h8-9,13,16-17H,3-7,10-12H2,1-2H3/p+1/b9-8+. The molecule has 1 unspecified atom stereocenters. The van der Waals surface area contributed by atoms with E-state index in [9.17, 15) is 15.0 Å². The predicted octanol–water partition coefficient (Wildman–Crippen LogP) is 1.63. The molecule has 0 aliphatic heterocycles. The van der Waals surface area contributed by atoms with Gasteiger partial charge in [0, 0.05) is 0 Å². The van der Waals surface area contributed by atoms with Crippen molar-refractivity contribution >= 4 is 5.97 Å². The third-order valence-electron chi connectivity index (χ3n) is 3.49. The van der Waals surface area contributed by atoms with Gasteiger partial charge in [-0.05, 0) is 25.8 Å². The summed E-state index contributed by atoms with van der Waals surface area (Å²) in [6.45, 7) is 2.53. The Labute approximate surface area is 120 Å². The molecule has 0 spiro atoms. The van der Waals surface area contributed by atoms with Crippen LogP contribution in [0.2, 0.25) is 0 Å². The molecule has 0 saturated carbocycles. The molecule has 0 rings (SSSR count). The van der Waals surface area contributed by atoms with Crippen molar-refractivity contribution in [1.82, 2.24) is 0 Å². The maximum Gasteiger partial charge on any atom is 0.362 e. The summed E-state index contributed by atoms with van der Waals surface area (Å²) in [6.07, 6.45) is 9.00. The molecule has 20 heavy (non-hydrogen) atoms. The predicted molar refractivity (Wildman–Crippen MR) is 75.4 cm³/mol. The van der Waals surface area contributed by atoms with Crippen molar-refractivity contribution in [2.24, 2.45) is 0 Å². The molecule has 0 amide bonds.